The van der Waals surface area contributed by atoms with Gasteiger partial charge in [-0.1, -0.05) is 58.5 Å². The maximum atomic E-state index is 12.1. The molecule has 0 aliphatic heterocycles. The molecule has 1 amide bonds. The Balaban J connectivity index is 2.25. The molecule has 5 nitrogen and oxygen atoms in total. The number of nitrogens with one attached hydrogen (secondary N) is 1. The van der Waals surface area contributed by atoms with Crippen molar-refractivity contribution in [1.29, 1.82) is 0 Å². The maximum Gasteiger partial charge on any atom is 0.291 e. The third kappa shape index (κ3) is 4.06. The Kier molecular flexibility index (Phi) is 5.70. The predicted molar refractivity (Wildman–Crippen MR) is 94.8 cm³/mol. The van der Waals surface area contributed by atoms with Gasteiger partial charge in [0.25, 0.3) is 5.91 Å². The van der Waals surface area contributed by atoms with Crippen LogP contribution >= 0.6 is 46.4 Å². The van der Waals surface area contributed by atoms with Crippen LogP contribution in [0.1, 0.15) is 23.0 Å². The third-order valence-corrected chi connectivity index (χ3v) is 4.23. The van der Waals surface area contributed by atoms with Crippen molar-refractivity contribution in [3.05, 3.63) is 55.7 Å². The van der Waals surface area contributed by atoms with E-state index in [1.807, 2.05) is 0 Å². The first kappa shape index (κ1) is 17.8. The van der Waals surface area contributed by atoms with E-state index in [0.717, 1.165) is 5.56 Å². The Morgan fingerprint density at radius 2 is 1.91 bits per heavy atom. The summed E-state index contributed by atoms with van der Waals surface area (Å²) in [6.45, 7) is 1.71. The molecule has 0 atom stereocenters. The van der Waals surface area contributed by atoms with Gasteiger partial charge in [-0.05, 0) is 24.6 Å². The summed E-state index contributed by atoms with van der Waals surface area (Å²) in [7, 11) is 0. The lowest BCUT2D eigenvalue weighted by Crippen LogP contribution is -2.21. The van der Waals surface area contributed by atoms with Gasteiger partial charge in [0.2, 0.25) is 0 Å². The summed E-state index contributed by atoms with van der Waals surface area (Å²) in [5, 5.41) is 4.32. The van der Waals surface area contributed by atoms with Crippen molar-refractivity contribution in [1.82, 2.24) is 10.4 Å². The highest BCUT2D eigenvalue weighted by Gasteiger charge is 2.19. The van der Waals surface area contributed by atoms with E-state index in [4.69, 9.17) is 52.1 Å². The van der Waals surface area contributed by atoms with Gasteiger partial charge in [-0.2, -0.15) is 5.10 Å². The van der Waals surface area contributed by atoms with E-state index in [9.17, 15) is 4.79 Å². The Morgan fingerprint density at radius 1 is 1.22 bits per heavy atom. The van der Waals surface area contributed by atoms with Crippen molar-refractivity contribution < 1.29 is 4.79 Å². The number of nitrogens with two attached hydrogens (primary N) is 1. The van der Waals surface area contributed by atoms with Gasteiger partial charge in [0.1, 0.15) is 5.02 Å². The lowest BCUT2D eigenvalue weighted by molar-refractivity contribution is 0.0950. The van der Waals surface area contributed by atoms with Gasteiger partial charge in [-0.15, -0.1) is 0 Å². The Morgan fingerprint density at radius 3 is 2.57 bits per heavy atom. The highest BCUT2D eigenvalue weighted by Crippen LogP contribution is 2.34. The summed E-state index contributed by atoms with van der Waals surface area (Å²) in [5.41, 5.74) is 9.12. The summed E-state index contributed by atoms with van der Waals surface area (Å²) in [6, 6.07) is 7.03. The topological polar surface area (TPSA) is 80.4 Å². The number of nitrogens with zero attached hydrogens (tertiary/aromatic N) is 2. The first-order valence-corrected chi connectivity index (χ1v) is 7.73. The molecule has 0 unspecified atom stereocenters. The van der Waals surface area contributed by atoms with Crippen LogP contribution in [0.4, 0.5) is 5.69 Å². The summed E-state index contributed by atoms with van der Waals surface area (Å²) in [6.07, 6.45) is 0. The summed E-state index contributed by atoms with van der Waals surface area (Å²) < 4.78 is 0. The van der Waals surface area contributed by atoms with E-state index in [1.165, 1.54) is 0 Å². The van der Waals surface area contributed by atoms with Crippen LogP contribution in [0.2, 0.25) is 20.2 Å². The maximum absolute atomic E-state index is 12.1. The number of amides is 1. The number of nitrogen functional groups attached to an aromatic ring is 1. The fourth-order valence-corrected chi connectivity index (χ4v) is 2.43. The van der Waals surface area contributed by atoms with E-state index >= 15 is 0 Å². The largest absolute Gasteiger partial charge is 0.396 e. The van der Waals surface area contributed by atoms with Crippen molar-refractivity contribution >= 4 is 63.7 Å². The molecule has 3 N–H and O–H groups in total. The molecule has 1 heterocycles. The fourth-order valence-electron chi connectivity index (χ4n) is 1.65. The number of hydrogen-bond acceptors (Lipinski definition) is 4. The summed E-state index contributed by atoms with van der Waals surface area (Å²) in [5.74, 6) is -0.665. The van der Waals surface area contributed by atoms with Gasteiger partial charge in [-0.25, -0.2) is 10.4 Å². The van der Waals surface area contributed by atoms with Crippen molar-refractivity contribution in [3.8, 4) is 0 Å². The standard InChI is InChI=1S/C14H10Cl4N4O/c1-6(7-3-2-4-8(15)5-7)21-22-14(23)12-9(16)11(19)10(17)13(18)20-12/h2-5H,1H3,(H2,19,20)(H,22,23)/b21-6+. The van der Waals surface area contributed by atoms with Gasteiger partial charge in [0.15, 0.2) is 10.8 Å². The lowest BCUT2D eigenvalue weighted by Gasteiger charge is -2.08. The predicted octanol–water partition coefficient (Wildman–Crippen LogP) is 4.43. The van der Waals surface area contributed by atoms with Gasteiger partial charge < -0.3 is 5.73 Å². The lowest BCUT2D eigenvalue weighted by atomic mass is 10.1. The van der Waals surface area contributed by atoms with E-state index in [2.05, 4.69) is 15.5 Å². The molecule has 0 spiro atoms. The van der Waals surface area contributed by atoms with Crippen molar-refractivity contribution in [2.75, 3.05) is 5.73 Å². The fraction of sp³-hybridized carbons (Fsp3) is 0.0714. The highest BCUT2D eigenvalue weighted by atomic mass is 35.5. The summed E-state index contributed by atoms with van der Waals surface area (Å²) >= 11 is 23.5. The second-order valence-corrected chi connectivity index (χ2v) is 5.99. The molecular weight excluding hydrogens is 382 g/mol. The number of hydrogen-bond donors (Lipinski definition) is 2. The van der Waals surface area contributed by atoms with Crippen LogP contribution in [0.25, 0.3) is 0 Å². The molecule has 2 rings (SSSR count). The van der Waals surface area contributed by atoms with Crippen LogP contribution in [0, 0.1) is 0 Å². The first-order valence-electron chi connectivity index (χ1n) is 6.21. The van der Waals surface area contributed by atoms with Crippen LogP contribution < -0.4 is 11.2 Å². The number of carbonyl (C=O) groups is 1. The van der Waals surface area contributed by atoms with Gasteiger partial charge >= 0.3 is 0 Å². The Hall–Kier alpha value is -1.53. The molecule has 1 aromatic heterocycles. The van der Waals surface area contributed by atoms with Gasteiger partial charge in [0.05, 0.1) is 16.4 Å². The number of anilines is 1. The minimum Gasteiger partial charge on any atom is -0.396 e. The molecule has 23 heavy (non-hydrogen) atoms. The van der Waals surface area contributed by atoms with Crippen LogP contribution in [-0.4, -0.2) is 16.6 Å². The smallest absolute Gasteiger partial charge is 0.291 e. The monoisotopic (exact) mass is 390 g/mol. The quantitative estimate of drug-likeness (QED) is 0.461. The minimum atomic E-state index is -0.665. The molecule has 0 radical (unpaired) electrons. The second-order valence-electron chi connectivity index (χ2n) is 4.44. The zero-order valence-electron chi connectivity index (χ0n) is 11.7. The molecule has 0 aliphatic rings. The Labute approximate surface area is 152 Å². The Bertz CT molecular complexity index is 808. The zero-order valence-corrected chi connectivity index (χ0v) is 14.7. The van der Waals surface area contributed by atoms with Crippen LogP contribution in [0.3, 0.4) is 0 Å². The number of aromatic nitrogens is 1. The zero-order chi connectivity index (χ0) is 17.1. The van der Waals surface area contributed by atoms with Crippen molar-refractivity contribution in [2.45, 2.75) is 6.92 Å². The molecule has 0 fully saturated rings. The number of benzene rings is 1. The molecule has 0 aliphatic carbocycles. The van der Waals surface area contributed by atoms with Crippen molar-refractivity contribution in [2.24, 2.45) is 5.10 Å². The average Bonchev–Trinajstić information content (AvgIpc) is 2.53. The normalized spacial score (nSPS) is 11.4. The number of pyridine rings is 1. The van der Waals surface area contributed by atoms with Gasteiger partial charge in [0, 0.05) is 5.02 Å². The second kappa shape index (κ2) is 7.36. The summed E-state index contributed by atoms with van der Waals surface area (Å²) in [4.78, 5) is 16.0. The molecule has 0 bridgehead atoms. The van der Waals surface area contributed by atoms with E-state index < -0.39 is 5.91 Å². The van der Waals surface area contributed by atoms with E-state index in [-0.39, 0.29) is 26.6 Å². The minimum absolute atomic E-state index is 0.00757. The molecular formula is C14H10Cl4N4O. The molecule has 1 aromatic carbocycles. The SMILES string of the molecule is C/C(=N\NC(=O)c1nc(Cl)c(Cl)c(N)c1Cl)c1cccc(Cl)c1. The first-order chi connectivity index (χ1) is 10.8. The number of halogens is 4. The molecule has 0 saturated carbocycles. The average molecular weight is 392 g/mol. The van der Waals surface area contributed by atoms with Crippen LogP contribution in [-0.2, 0) is 0 Å². The van der Waals surface area contributed by atoms with Gasteiger partial charge in [-0.3, -0.25) is 4.79 Å². The number of rotatable bonds is 3. The third-order valence-electron chi connectivity index (χ3n) is 2.85. The van der Waals surface area contributed by atoms with Crippen molar-refractivity contribution in [3.63, 3.8) is 0 Å². The molecule has 9 heteroatoms. The van der Waals surface area contributed by atoms with Crippen LogP contribution in [0.15, 0.2) is 29.4 Å². The molecule has 2 aromatic rings. The van der Waals surface area contributed by atoms with Crippen LogP contribution in [0.5, 0.6) is 0 Å². The molecule has 0 saturated heterocycles. The molecule has 120 valence electrons. The number of hydrazone groups is 1. The van der Waals surface area contributed by atoms with E-state index in [1.54, 1.807) is 31.2 Å². The highest BCUT2D eigenvalue weighted by molar-refractivity contribution is 6.46. The number of carbonyl (C=O) groups excluding carboxylic acids is 1. The van der Waals surface area contributed by atoms with E-state index in [0.29, 0.717) is 10.7 Å².